The number of sulfonamides is 1. The summed E-state index contributed by atoms with van der Waals surface area (Å²) >= 11 is 0. The van der Waals surface area contributed by atoms with Crippen LogP contribution < -0.4 is 4.72 Å². The molecule has 0 unspecified atom stereocenters. The second-order valence-corrected chi connectivity index (χ2v) is 8.18. The van der Waals surface area contributed by atoms with E-state index in [4.69, 9.17) is 5.11 Å². The summed E-state index contributed by atoms with van der Waals surface area (Å²) in [6.45, 7) is 0. The van der Waals surface area contributed by atoms with Gasteiger partial charge in [-0.05, 0) is 12.8 Å². The first-order valence-electron chi connectivity index (χ1n) is 5.12. The van der Waals surface area contributed by atoms with Crippen molar-refractivity contribution >= 4 is 25.8 Å². The highest BCUT2D eigenvalue weighted by atomic mass is 32.2. The topological polar surface area (TPSA) is 118 Å². The number of sulfone groups is 1. The Labute approximate surface area is 100 Å². The molecule has 17 heavy (non-hydrogen) atoms. The number of hydrogen-bond donors (Lipinski definition) is 2. The van der Waals surface area contributed by atoms with Crippen LogP contribution in [0, 0.1) is 0 Å². The van der Waals surface area contributed by atoms with Gasteiger partial charge in [-0.1, -0.05) is 0 Å². The lowest BCUT2D eigenvalue weighted by Gasteiger charge is -2.22. The summed E-state index contributed by atoms with van der Waals surface area (Å²) in [5, 5.41) is 8.38. The molecule has 7 nitrogen and oxygen atoms in total. The van der Waals surface area contributed by atoms with E-state index < -0.39 is 44.0 Å². The van der Waals surface area contributed by atoms with Crippen LogP contribution >= 0.6 is 0 Å². The first kappa shape index (κ1) is 14.4. The van der Waals surface area contributed by atoms with Crippen molar-refractivity contribution in [2.75, 3.05) is 17.3 Å². The first-order chi connectivity index (χ1) is 7.70. The van der Waals surface area contributed by atoms with Gasteiger partial charge in [0.25, 0.3) is 0 Å². The Morgan fingerprint density at radius 1 is 1.29 bits per heavy atom. The Balaban J connectivity index is 2.47. The fourth-order valence-electron chi connectivity index (χ4n) is 1.54. The summed E-state index contributed by atoms with van der Waals surface area (Å²) in [5.74, 6) is -1.72. The molecule has 0 aliphatic carbocycles. The second kappa shape index (κ2) is 5.32. The molecule has 1 aliphatic rings. The highest BCUT2D eigenvalue weighted by Gasteiger charge is 2.26. The number of rotatable bonds is 5. The monoisotopic (exact) mass is 285 g/mol. The minimum absolute atomic E-state index is 0.0287. The first-order valence-corrected chi connectivity index (χ1v) is 8.60. The Hall–Kier alpha value is -0.670. The van der Waals surface area contributed by atoms with Crippen LogP contribution in [0.1, 0.15) is 19.3 Å². The average molecular weight is 285 g/mol. The molecule has 0 radical (unpaired) electrons. The van der Waals surface area contributed by atoms with Crippen molar-refractivity contribution in [1.29, 1.82) is 0 Å². The normalized spacial score (nSPS) is 21.2. The molecule has 0 spiro atoms. The number of carboxylic acids is 1. The molecule has 0 aromatic carbocycles. The van der Waals surface area contributed by atoms with E-state index in [-0.39, 0.29) is 24.3 Å². The van der Waals surface area contributed by atoms with Gasteiger partial charge in [-0.3, -0.25) is 4.79 Å². The maximum atomic E-state index is 11.4. The van der Waals surface area contributed by atoms with Crippen LogP contribution in [-0.2, 0) is 24.7 Å². The summed E-state index contributed by atoms with van der Waals surface area (Å²) in [6, 6.07) is -0.405. The number of aliphatic carboxylic acids is 1. The lowest BCUT2D eigenvalue weighted by molar-refractivity contribution is -0.136. The summed E-state index contributed by atoms with van der Waals surface area (Å²) < 4.78 is 47.5. The smallest absolute Gasteiger partial charge is 0.304 e. The van der Waals surface area contributed by atoms with Crippen LogP contribution in [0.5, 0.6) is 0 Å². The van der Waals surface area contributed by atoms with Gasteiger partial charge in [0, 0.05) is 6.04 Å². The van der Waals surface area contributed by atoms with Crippen LogP contribution in [0.4, 0.5) is 0 Å². The van der Waals surface area contributed by atoms with E-state index in [0.29, 0.717) is 0 Å². The molecule has 0 atom stereocenters. The van der Waals surface area contributed by atoms with Crippen molar-refractivity contribution in [2.24, 2.45) is 0 Å². The van der Waals surface area contributed by atoms with Crippen molar-refractivity contribution in [2.45, 2.75) is 25.3 Å². The third-order valence-electron chi connectivity index (χ3n) is 2.49. The van der Waals surface area contributed by atoms with E-state index in [9.17, 15) is 21.6 Å². The Morgan fingerprint density at radius 3 is 2.29 bits per heavy atom. The number of carboxylic acid groups (broad SMARTS) is 1. The van der Waals surface area contributed by atoms with Gasteiger partial charge in [0.05, 0.1) is 23.7 Å². The molecule has 100 valence electrons. The zero-order valence-electron chi connectivity index (χ0n) is 9.12. The van der Waals surface area contributed by atoms with Crippen molar-refractivity contribution in [3.05, 3.63) is 0 Å². The zero-order chi connectivity index (χ0) is 13.1. The van der Waals surface area contributed by atoms with Gasteiger partial charge in [0.2, 0.25) is 10.0 Å². The van der Waals surface area contributed by atoms with Crippen LogP contribution in [0.25, 0.3) is 0 Å². The van der Waals surface area contributed by atoms with Crippen molar-refractivity contribution < 1.29 is 26.7 Å². The molecule has 0 bridgehead atoms. The van der Waals surface area contributed by atoms with Gasteiger partial charge in [-0.25, -0.2) is 21.6 Å². The van der Waals surface area contributed by atoms with Gasteiger partial charge in [0.15, 0.2) is 0 Å². The third kappa shape index (κ3) is 5.46. The fourth-order valence-corrected chi connectivity index (χ4v) is 4.34. The highest BCUT2D eigenvalue weighted by Crippen LogP contribution is 2.13. The molecule has 1 aliphatic heterocycles. The van der Waals surface area contributed by atoms with E-state index in [1.165, 1.54) is 0 Å². The molecule has 1 saturated heterocycles. The fraction of sp³-hybridized carbons (Fsp3) is 0.875. The maximum absolute atomic E-state index is 11.4. The van der Waals surface area contributed by atoms with Gasteiger partial charge in [-0.2, -0.15) is 0 Å². The summed E-state index contributed by atoms with van der Waals surface area (Å²) in [6.07, 6.45) is 0.0314. The number of hydrogen-bond acceptors (Lipinski definition) is 5. The number of carbonyl (C=O) groups is 1. The Morgan fingerprint density at radius 2 is 1.82 bits per heavy atom. The molecular formula is C8H15NO6S2. The third-order valence-corrected chi connectivity index (χ3v) is 5.63. The van der Waals surface area contributed by atoms with E-state index in [1.54, 1.807) is 0 Å². The predicted octanol–water partition coefficient (Wildman–Crippen LogP) is -1.04. The molecule has 9 heteroatoms. The van der Waals surface area contributed by atoms with Crippen LogP contribution in [0.3, 0.4) is 0 Å². The van der Waals surface area contributed by atoms with Gasteiger partial charge in [-0.15, -0.1) is 0 Å². The van der Waals surface area contributed by atoms with E-state index >= 15 is 0 Å². The van der Waals surface area contributed by atoms with E-state index in [1.807, 2.05) is 0 Å². The molecule has 1 heterocycles. The SMILES string of the molecule is O=C(O)CCS(=O)(=O)NC1CCS(=O)(=O)CC1. The van der Waals surface area contributed by atoms with Gasteiger partial charge < -0.3 is 5.11 Å². The summed E-state index contributed by atoms with van der Waals surface area (Å²) in [4.78, 5) is 10.3. The molecule has 0 aromatic rings. The number of nitrogens with one attached hydrogen (secondary N) is 1. The van der Waals surface area contributed by atoms with Crippen molar-refractivity contribution in [1.82, 2.24) is 4.72 Å². The summed E-state index contributed by atoms with van der Waals surface area (Å²) in [7, 11) is -6.67. The maximum Gasteiger partial charge on any atom is 0.304 e. The quantitative estimate of drug-likeness (QED) is 0.666. The average Bonchev–Trinajstić information content (AvgIpc) is 2.19. The zero-order valence-corrected chi connectivity index (χ0v) is 10.8. The molecule has 0 amide bonds. The molecule has 0 aromatic heterocycles. The Bertz CT molecular complexity index is 466. The van der Waals surface area contributed by atoms with E-state index in [2.05, 4.69) is 4.72 Å². The van der Waals surface area contributed by atoms with Crippen LogP contribution in [-0.4, -0.2) is 51.2 Å². The molecule has 2 N–H and O–H groups in total. The van der Waals surface area contributed by atoms with Crippen molar-refractivity contribution in [3.63, 3.8) is 0 Å². The minimum Gasteiger partial charge on any atom is -0.481 e. The lowest BCUT2D eigenvalue weighted by Crippen LogP contribution is -2.41. The second-order valence-electron chi connectivity index (χ2n) is 4.01. The van der Waals surface area contributed by atoms with Crippen LogP contribution in [0.2, 0.25) is 0 Å². The highest BCUT2D eigenvalue weighted by molar-refractivity contribution is 7.91. The molecular weight excluding hydrogens is 270 g/mol. The van der Waals surface area contributed by atoms with Crippen LogP contribution in [0.15, 0.2) is 0 Å². The summed E-state index contributed by atoms with van der Waals surface area (Å²) in [5.41, 5.74) is 0. The van der Waals surface area contributed by atoms with Crippen molar-refractivity contribution in [3.8, 4) is 0 Å². The minimum atomic E-state index is -3.64. The standard InChI is InChI=1S/C8H15NO6S2/c10-8(11)3-6-17(14,15)9-7-1-4-16(12,13)5-2-7/h7,9H,1-6H2,(H,10,11). The Kier molecular flexibility index (Phi) is 4.50. The largest absolute Gasteiger partial charge is 0.481 e. The predicted molar refractivity (Wildman–Crippen MR) is 60.9 cm³/mol. The molecule has 1 fully saturated rings. The van der Waals surface area contributed by atoms with Gasteiger partial charge in [0.1, 0.15) is 9.84 Å². The van der Waals surface area contributed by atoms with Gasteiger partial charge >= 0.3 is 5.97 Å². The van der Waals surface area contributed by atoms with E-state index in [0.717, 1.165) is 0 Å². The lowest BCUT2D eigenvalue weighted by atomic mass is 10.2. The molecule has 0 saturated carbocycles. The molecule has 1 rings (SSSR count).